The van der Waals surface area contributed by atoms with E-state index in [9.17, 15) is 13.2 Å². The largest absolute Gasteiger partial charge is 0.416 e. The molecule has 18 heavy (non-hydrogen) atoms. The summed E-state index contributed by atoms with van der Waals surface area (Å²) in [6.45, 7) is 0. The third kappa shape index (κ3) is 3.25. The summed E-state index contributed by atoms with van der Waals surface area (Å²) in [5.74, 6) is 0. The zero-order valence-electron chi connectivity index (χ0n) is 10.3. The van der Waals surface area contributed by atoms with Crippen molar-refractivity contribution < 1.29 is 13.2 Å². The molecule has 1 nitrogen and oxygen atoms in total. The van der Waals surface area contributed by atoms with Crippen molar-refractivity contribution in [3.63, 3.8) is 0 Å². The molecule has 0 radical (unpaired) electrons. The molecule has 1 aromatic carbocycles. The molecule has 2 N–H and O–H groups in total. The lowest BCUT2D eigenvalue weighted by Crippen LogP contribution is -2.43. The van der Waals surface area contributed by atoms with Crippen molar-refractivity contribution in [3.05, 3.63) is 35.4 Å². The maximum atomic E-state index is 12.4. The molecule has 1 aliphatic carbocycles. The fraction of sp³-hybridized carbons (Fsp3) is 0.571. The summed E-state index contributed by atoms with van der Waals surface area (Å²) in [5, 5.41) is 0. The van der Waals surface area contributed by atoms with E-state index < -0.39 is 11.7 Å². The van der Waals surface area contributed by atoms with Crippen LogP contribution in [0.15, 0.2) is 24.3 Å². The van der Waals surface area contributed by atoms with E-state index in [1.165, 1.54) is 6.42 Å². The van der Waals surface area contributed by atoms with Crippen molar-refractivity contribution in [1.82, 2.24) is 0 Å². The Labute approximate surface area is 105 Å². The Morgan fingerprint density at radius 1 is 1.00 bits per heavy atom. The molecule has 100 valence electrons. The van der Waals surface area contributed by atoms with Crippen LogP contribution in [0, 0.1) is 0 Å². The van der Waals surface area contributed by atoms with Gasteiger partial charge in [-0.1, -0.05) is 31.4 Å². The molecule has 1 fully saturated rings. The lowest BCUT2D eigenvalue weighted by atomic mass is 9.78. The van der Waals surface area contributed by atoms with E-state index in [4.69, 9.17) is 5.73 Å². The third-order valence-electron chi connectivity index (χ3n) is 3.69. The summed E-state index contributed by atoms with van der Waals surface area (Å²) in [6.07, 6.45) is 1.80. The van der Waals surface area contributed by atoms with Gasteiger partial charge in [0.1, 0.15) is 0 Å². The van der Waals surface area contributed by atoms with Gasteiger partial charge in [-0.15, -0.1) is 0 Å². The van der Waals surface area contributed by atoms with Crippen molar-refractivity contribution in [2.75, 3.05) is 0 Å². The monoisotopic (exact) mass is 257 g/mol. The molecule has 0 heterocycles. The van der Waals surface area contributed by atoms with Crippen LogP contribution in [0.5, 0.6) is 0 Å². The first kappa shape index (κ1) is 13.4. The van der Waals surface area contributed by atoms with Crippen molar-refractivity contribution in [2.24, 2.45) is 5.73 Å². The molecule has 0 bridgehead atoms. The Balaban J connectivity index is 2.06. The second kappa shape index (κ2) is 4.92. The average molecular weight is 257 g/mol. The van der Waals surface area contributed by atoms with E-state index in [0.717, 1.165) is 43.4 Å². The fourth-order valence-electron chi connectivity index (χ4n) is 2.65. The Kier molecular flexibility index (Phi) is 3.66. The summed E-state index contributed by atoms with van der Waals surface area (Å²) in [5.41, 5.74) is 6.37. The van der Waals surface area contributed by atoms with Gasteiger partial charge in [0.2, 0.25) is 0 Å². The van der Waals surface area contributed by atoms with Gasteiger partial charge in [-0.2, -0.15) is 13.2 Å². The van der Waals surface area contributed by atoms with Gasteiger partial charge in [-0.3, -0.25) is 0 Å². The molecule has 0 saturated heterocycles. The van der Waals surface area contributed by atoms with Crippen LogP contribution < -0.4 is 5.73 Å². The van der Waals surface area contributed by atoms with E-state index in [0.29, 0.717) is 6.42 Å². The number of hydrogen-bond donors (Lipinski definition) is 1. The van der Waals surface area contributed by atoms with Crippen molar-refractivity contribution in [1.29, 1.82) is 0 Å². The highest BCUT2D eigenvalue weighted by atomic mass is 19.4. The van der Waals surface area contributed by atoms with E-state index in [1.54, 1.807) is 12.1 Å². The molecule has 0 amide bonds. The number of nitrogens with two attached hydrogens (primary N) is 1. The molecule has 0 atom stereocenters. The summed E-state index contributed by atoms with van der Waals surface area (Å²) in [4.78, 5) is 0. The smallest absolute Gasteiger partial charge is 0.325 e. The summed E-state index contributed by atoms with van der Waals surface area (Å²) >= 11 is 0. The normalized spacial score (nSPS) is 19.8. The standard InChI is InChI=1S/C14H18F3N/c15-14(16,17)12-6-4-11(5-7-12)10-13(18)8-2-1-3-9-13/h4-7H,1-3,8-10,18H2. The van der Waals surface area contributed by atoms with E-state index >= 15 is 0 Å². The summed E-state index contributed by atoms with van der Waals surface area (Å²) < 4.78 is 37.3. The Bertz CT molecular complexity index is 388. The fourth-order valence-corrected chi connectivity index (χ4v) is 2.65. The lowest BCUT2D eigenvalue weighted by molar-refractivity contribution is -0.137. The second-order valence-electron chi connectivity index (χ2n) is 5.29. The Morgan fingerprint density at radius 3 is 2.06 bits per heavy atom. The lowest BCUT2D eigenvalue weighted by Gasteiger charge is -2.33. The van der Waals surface area contributed by atoms with Crippen LogP contribution in [0.4, 0.5) is 13.2 Å². The van der Waals surface area contributed by atoms with Gasteiger partial charge >= 0.3 is 6.18 Å². The molecule has 1 aliphatic rings. The second-order valence-corrected chi connectivity index (χ2v) is 5.29. The third-order valence-corrected chi connectivity index (χ3v) is 3.69. The van der Waals surface area contributed by atoms with Crippen LogP contribution in [0.3, 0.4) is 0 Å². The van der Waals surface area contributed by atoms with E-state index in [2.05, 4.69) is 0 Å². The quantitative estimate of drug-likeness (QED) is 0.854. The number of alkyl halides is 3. The van der Waals surface area contributed by atoms with Crippen LogP contribution in [-0.4, -0.2) is 5.54 Å². The SMILES string of the molecule is NC1(Cc2ccc(C(F)(F)F)cc2)CCCCC1. The molecule has 0 unspecified atom stereocenters. The van der Waals surface area contributed by atoms with Crippen LogP contribution in [0.1, 0.15) is 43.2 Å². The van der Waals surface area contributed by atoms with Crippen LogP contribution >= 0.6 is 0 Å². The minimum absolute atomic E-state index is 0.224. The highest BCUT2D eigenvalue weighted by Gasteiger charge is 2.31. The first-order chi connectivity index (χ1) is 8.39. The van der Waals surface area contributed by atoms with Crippen LogP contribution in [0.25, 0.3) is 0 Å². The number of benzene rings is 1. The zero-order valence-corrected chi connectivity index (χ0v) is 10.3. The summed E-state index contributed by atoms with van der Waals surface area (Å²) in [6, 6.07) is 5.38. The van der Waals surface area contributed by atoms with Gasteiger partial charge in [-0.25, -0.2) is 0 Å². The van der Waals surface area contributed by atoms with E-state index in [1.807, 2.05) is 0 Å². The number of halogens is 3. The molecule has 0 aromatic heterocycles. The summed E-state index contributed by atoms with van der Waals surface area (Å²) in [7, 11) is 0. The first-order valence-corrected chi connectivity index (χ1v) is 6.34. The van der Waals surface area contributed by atoms with Crippen molar-refractivity contribution in [3.8, 4) is 0 Å². The number of hydrogen-bond acceptors (Lipinski definition) is 1. The molecular weight excluding hydrogens is 239 g/mol. The Hall–Kier alpha value is -1.03. The van der Waals surface area contributed by atoms with Gasteiger partial charge in [0.25, 0.3) is 0 Å². The molecule has 0 aliphatic heterocycles. The minimum atomic E-state index is -4.26. The molecule has 0 spiro atoms. The first-order valence-electron chi connectivity index (χ1n) is 6.34. The average Bonchev–Trinajstić information content (AvgIpc) is 2.29. The number of rotatable bonds is 2. The highest BCUT2D eigenvalue weighted by molar-refractivity contribution is 5.26. The topological polar surface area (TPSA) is 26.0 Å². The predicted octanol–water partition coefficient (Wildman–Crippen LogP) is 3.91. The van der Waals surface area contributed by atoms with Gasteiger partial charge in [-0.05, 0) is 37.0 Å². The molecule has 4 heteroatoms. The van der Waals surface area contributed by atoms with Gasteiger partial charge in [0.05, 0.1) is 5.56 Å². The maximum Gasteiger partial charge on any atom is 0.416 e. The molecule has 1 saturated carbocycles. The van der Waals surface area contributed by atoms with Crippen molar-refractivity contribution in [2.45, 2.75) is 50.2 Å². The molecule has 2 rings (SSSR count). The molecule has 1 aromatic rings. The van der Waals surface area contributed by atoms with Gasteiger partial charge in [0, 0.05) is 5.54 Å². The molecular formula is C14H18F3N. The van der Waals surface area contributed by atoms with Crippen LogP contribution in [-0.2, 0) is 12.6 Å². The Morgan fingerprint density at radius 2 is 1.56 bits per heavy atom. The van der Waals surface area contributed by atoms with Gasteiger partial charge in [0.15, 0.2) is 0 Å². The van der Waals surface area contributed by atoms with Gasteiger partial charge < -0.3 is 5.73 Å². The minimum Gasteiger partial charge on any atom is -0.325 e. The van der Waals surface area contributed by atoms with Crippen molar-refractivity contribution >= 4 is 0 Å². The zero-order chi connectivity index (χ0) is 13.2. The van der Waals surface area contributed by atoms with Crippen LogP contribution in [0.2, 0.25) is 0 Å². The maximum absolute atomic E-state index is 12.4. The highest BCUT2D eigenvalue weighted by Crippen LogP contribution is 2.31. The van der Waals surface area contributed by atoms with E-state index in [-0.39, 0.29) is 5.54 Å². The predicted molar refractivity (Wildman–Crippen MR) is 65.2 cm³/mol.